The van der Waals surface area contributed by atoms with E-state index in [4.69, 9.17) is 5.11 Å². The molecule has 0 aliphatic rings. The molecule has 0 radical (unpaired) electrons. The molecule has 1 aromatic carbocycles. The Labute approximate surface area is 93.6 Å². The van der Waals surface area contributed by atoms with Crippen LogP contribution >= 0.6 is 0 Å². The molecule has 0 bridgehead atoms. The van der Waals surface area contributed by atoms with Crippen LogP contribution in [-0.2, 0) is 4.79 Å². The van der Waals surface area contributed by atoms with E-state index < -0.39 is 12.0 Å². The van der Waals surface area contributed by atoms with Gasteiger partial charge in [0.15, 0.2) is 6.04 Å². The van der Waals surface area contributed by atoms with E-state index in [0.29, 0.717) is 5.56 Å². The van der Waals surface area contributed by atoms with Crippen LogP contribution in [0.5, 0.6) is 5.75 Å². The number of hydrogen-bond acceptors (Lipinski definition) is 3. The molecule has 0 heterocycles. The lowest BCUT2D eigenvalue weighted by atomic mass is 10.2. The van der Waals surface area contributed by atoms with Crippen molar-refractivity contribution in [2.75, 3.05) is 0 Å². The molecule has 84 valence electrons. The normalized spacial score (nSPS) is 12.5. The lowest BCUT2D eigenvalue weighted by Crippen LogP contribution is -2.16. The third kappa shape index (κ3) is 3.24. The highest BCUT2D eigenvalue weighted by molar-refractivity contribution is 5.85. The standard InChI is InChI=1S/C12H13NO3/c1-2-5-10(12(15)16)13-8-9-6-3-4-7-11(9)14/h2-4,6-8,10,14H,1,5H2,(H,15,16). The fourth-order valence-corrected chi connectivity index (χ4v) is 1.15. The smallest absolute Gasteiger partial charge is 0.328 e. The van der Waals surface area contributed by atoms with Crippen LogP contribution < -0.4 is 0 Å². The first-order valence-corrected chi connectivity index (χ1v) is 4.80. The Bertz CT molecular complexity index is 412. The molecule has 1 unspecified atom stereocenters. The number of carbonyl (C=O) groups is 1. The maximum atomic E-state index is 10.8. The minimum Gasteiger partial charge on any atom is -0.507 e. The van der Waals surface area contributed by atoms with E-state index >= 15 is 0 Å². The van der Waals surface area contributed by atoms with Gasteiger partial charge in [0.25, 0.3) is 0 Å². The number of phenols is 1. The third-order valence-electron chi connectivity index (χ3n) is 2.01. The van der Waals surface area contributed by atoms with Gasteiger partial charge in [0, 0.05) is 11.8 Å². The van der Waals surface area contributed by atoms with Gasteiger partial charge in [-0.3, -0.25) is 4.99 Å². The van der Waals surface area contributed by atoms with E-state index in [-0.39, 0.29) is 12.2 Å². The molecule has 16 heavy (non-hydrogen) atoms. The summed E-state index contributed by atoms with van der Waals surface area (Å²) in [6, 6.07) is 5.75. The summed E-state index contributed by atoms with van der Waals surface area (Å²) in [6.07, 6.45) is 3.12. The highest BCUT2D eigenvalue weighted by Crippen LogP contribution is 2.13. The van der Waals surface area contributed by atoms with Crippen molar-refractivity contribution in [2.24, 2.45) is 4.99 Å². The van der Waals surface area contributed by atoms with E-state index in [0.717, 1.165) is 0 Å². The van der Waals surface area contributed by atoms with Crippen LogP contribution in [0.1, 0.15) is 12.0 Å². The van der Waals surface area contributed by atoms with Gasteiger partial charge in [-0.25, -0.2) is 4.79 Å². The molecule has 0 spiro atoms. The summed E-state index contributed by atoms with van der Waals surface area (Å²) in [5.41, 5.74) is 0.498. The molecule has 0 saturated heterocycles. The van der Waals surface area contributed by atoms with E-state index in [1.807, 2.05) is 0 Å². The molecule has 0 fully saturated rings. The number of aliphatic carboxylic acids is 1. The van der Waals surface area contributed by atoms with Crippen LogP contribution in [0.4, 0.5) is 0 Å². The number of phenolic OH excluding ortho intramolecular Hbond substituents is 1. The highest BCUT2D eigenvalue weighted by atomic mass is 16.4. The van der Waals surface area contributed by atoms with Gasteiger partial charge in [0.1, 0.15) is 5.75 Å². The van der Waals surface area contributed by atoms with Crippen LogP contribution in [0.3, 0.4) is 0 Å². The summed E-state index contributed by atoms with van der Waals surface area (Å²) in [6.45, 7) is 3.47. The van der Waals surface area contributed by atoms with Crippen LogP contribution in [0, 0.1) is 0 Å². The molecule has 0 saturated carbocycles. The summed E-state index contributed by atoms with van der Waals surface area (Å²) in [4.78, 5) is 14.7. The zero-order chi connectivity index (χ0) is 12.0. The number of nitrogens with zero attached hydrogens (tertiary/aromatic N) is 1. The average Bonchev–Trinajstić information content (AvgIpc) is 2.26. The number of carboxylic acids is 1. The molecule has 4 nitrogen and oxygen atoms in total. The Morgan fingerprint density at radius 3 is 2.75 bits per heavy atom. The predicted octanol–water partition coefficient (Wildman–Crippen LogP) is 1.84. The maximum absolute atomic E-state index is 10.8. The van der Waals surface area contributed by atoms with Crippen molar-refractivity contribution in [3.05, 3.63) is 42.5 Å². The summed E-state index contributed by atoms with van der Waals surface area (Å²) < 4.78 is 0. The van der Waals surface area contributed by atoms with Crippen LogP contribution in [-0.4, -0.2) is 28.4 Å². The number of aromatic hydroxyl groups is 1. The van der Waals surface area contributed by atoms with Gasteiger partial charge in [0.2, 0.25) is 0 Å². The number of hydrogen-bond donors (Lipinski definition) is 2. The molecule has 0 aliphatic carbocycles. The second-order valence-corrected chi connectivity index (χ2v) is 3.22. The van der Waals surface area contributed by atoms with E-state index in [1.165, 1.54) is 18.4 Å². The molecule has 0 aliphatic heterocycles. The lowest BCUT2D eigenvalue weighted by molar-refractivity contribution is -0.138. The summed E-state index contributed by atoms with van der Waals surface area (Å²) in [5, 5.41) is 18.3. The fourth-order valence-electron chi connectivity index (χ4n) is 1.15. The second kappa shape index (κ2) is 5.70. The van der Waals surface area contributed by atoms with Crippen molar-refractivity contribution >= 4 is 12.2 Å². The minimum atomic E-state index is -1.01. The van der Waals surface area contributed by atoms with Crippen molar-refractivity contribution in [1.82, 2.24) is 0 Å². The maximum Gasteiger partial charge on any atom is 0.328 e. The fraction of sp³-hybridized carbons (Fsp3) is 0.167. The van der Waals surface area contributed by atoms with Crippen molar-refractivity contribution in [3.63, 3.8) is 0 Å². The molecular weight excluding hydrogens is 206 g/mol. The predicted molar refractivity (Wildman–Crippen MR) is 61.9 cm³/mol. The molecule has 2 N–H and O–H groups in total. The Morgan fingerprint density at radius 1 is 1.50 bits per heavy atom. The summed E-state index contributed by atoms with van der Waals surface area (Å²) >= 11 is 0. The van der Waals surface area contributed by atoms with Crippen molar-refractivity contribution in [1.29, 1.82) is 0 Å². The molecule has 1 aromatic rings. The van der Waals surface area contributed by atoms with Gasteiger partial charge in [-0.15, -0.1) is 6.58 Å². The van der Waals surface area contributed by atoms with Crippen molar-refractivity contribution in [2.45, 2.75) is 12.5 Å². The average molecular weight is 219 g/mol. The second-order valence-electron chi connectivity index (χ2n) is 3.22. The van der Waals surface area contributed by atoms with Crippen LogP contribution in [0.2, 0.25) is 0 Å². The quantitative estimate of drug-likeness (QED) is 0.586. The van der Waals surface area contributed by atoms with Crippen LogP contribution in [0.15, 0.2) is 41.9 Å². The molecule has 0 aromatic heterocycles. The minimum absolute atomic E-state index is 0.0778. The molecule has 1 rings (SSSR count). The third-order valence-corrected chi connectivity index (χ3v) is 2.01. The first-order chi connectivity index (χ1) is 7.65. The van der Waals surface area contributed by atoms with Gasteiger partial charge in [-0.1, -0.05) is 18.2 Å². The lowest BCUT2D eigenvalue weighted by Gasteiger charge is -2.03. The molecule has 4 heteroatoms. The number of para-hydroxylation sites is 1. The van der Waals surface area contributed by atoms with Crippen molar-refractivity contribution in [3.8, 4) is 5.75 Å². The van der Waals surface area contributed by atoms with Gasteiger partial charge in [-0.2, -0.15) is 0 Å². The van der Waals surface area contributed by atoms with E-state index in [9.17, 15) is 9.90 Å². The number of carboxylic acid groups (broad SMARTS) is 1. The van der Waals surface area contributed by atoms with Gasteiger partial charge >= 0.3 is 5.97 Å². The Kier molecular flexibility index (Phi) is 4.27. The number of rotatable bonds is 5. The SMILES string of the molecule is C=CCC(N=Cc1ccccc1O)C(=O)O. The molecular formula is C12H13NO3. The van der Waals surface area contributed by atoms with Gasteiger partial charge in [0.05, 0.1) is 0 Å². The topological polar surface area (TPSA) is 69.9 Å². The Balaban J connectivity index is 2.82. The van der Waals surface area contributed by atoms with E-state index in [2.05, 4.69) is 11.6 Å². The number of benzene rings is 1. The Morgan fingerprint density at radius 2 is 2.19 bits per heavy atom. The monoisotopic (exact) mass is 219 g/mol. The summed E-state index contributed by atoms with van der Waals surface area (Å²) in [7, 11) is 0. The zero-order valence-electron chi connectivity index (χ0n) is 8.71. The molecule has 1 atom stereocenters. The molecule has 0 amide bonds. The van der Waals surface area contributed by atoms with Gasteiger partial charge in [-0.05, 0) is 18.6 Å². The van der Waals surface area contributed by atoms with Gasteiger partial charge < -0.3 is 10.2 Å². The van der Waals surface area contributed by atoms with Crippen LogP contribution in [0.25, 0.3) is 0 Å². The van der Waals surface area contributed by atoms with E-state index in [1.54, 1.807) is 18.2 Å². The van der Waals surface area contributed by atoms with Crippen molar-refractivity contribution < 1.29 is 15.0 Å². The largest absolute Gasteiger partial charge is 0.507 e. The first kappa shape index (κ1) is 12.0. The Hall–Kier alpha value is -2.10. The highest BCUT2D eigenvalue weighted by Gasteiger charge is 2.12. The number of aliphatic imine (C=N–C) groups is 1. The zero-order valence-corrected chi connectivity index (χ0v) is 8.71. The summed E-state index contributed by atoms with van der Waals surface area (Å²) in [5.74, 6) is -0.930. The first-order valence-electron chi connectivity index (χ1n) is 4.80.